The highest BCUT2D eigenvalue weighted by atomic mass is 32.2. The normalized spacial score (nSPS) is 18.9. The van der Waals surface area contributed by atoms with Gasteiger partial charge >= 0.3 is 0 Å². The van der Waals surface area contributed by atoms with Crippen molar-refractivity contribution >= 4 is 24.5 Å². The third-order valence-corrected chi connectivity index (χ3v) is 3.13. The highest BCUT2D eigenvalue weighted by molar-refractivity contribution is 7.99. The summed E-state index contributed by atoms with van der Waals surface area (Å²) >= 11 is 1.99. The summed E-state index contributed by atoms with van der Waals surface area (Å²) in [6.07, 6.45) is 4.33. The molecule has 0 bridgehead atoms. The predicted molar refractivity (Wildman–Crippen MR) is 78.1 cm³/mol. The summed E-state index contributed by atoms with van der Waals surface area (Å²) in [7, 11) is 2.19. The van der Waals surface area contributed by atoms with Crippen molar-refractivity contribution < 1.29 is 14.3 Å². The second kappa shape index (κ2) is 11.5. The van der Waals surface area contributed by atoms with Crippen molar-refractivity contribution in [1.82, 2.24) is 4.90 Å². The Labute approximate surface area is 115 Å². The minimum atomic E-state index is -0.318. The maximum absolute atomic E-state index is 9.60. The van der Waals surface area contributed by atoms with Crippen LogP contribution in [0, 0.1) is 0 Å². The number of carbonyl (C=O) groups is 2. The van der Waals surface area contributed by atoms with Crippen LogP contribution in [-0.4, -0.2) is 54.9 Å². The molecular formula is C13H27NO3S. The number of aldehydes is 1. The van der Waals surface area contributed by atoms with E-state index in [1.807, 2.05) is 32.5 Å². The van der Waals surface area contributed by atoms with Gasteiger partial charge in [0, 0.05) is 11.8 Å². The van der Waals surface area contributed by atoms with E-state index < -0.39 is 0 Å². The van der Waals surface area contributed by atoms with Crippen LogP contribution in [0.3, 0.4) is 0 Å². The molecule has 1 heterocycles. The molecule has 108 valence electrons. The second-order valence-electron chi connectivity index (χ2n) is 4.97. The number of rotatable bonds is 2. The van der Waals surface area contributed by atoms with Crippen LogP contribution in [0.2, 0.25) is 0 Å². The SMILES string of the molecule is CC(C)(C)OC=O.CC=O.CSC1CCN(C)C1. The average molecular weight is 277 g/mol. The standard InChI is InChI=1S/C6H13NS.C5H10O2.C2H4O/c1-7-4-3-6(5-7)8-2;1-5(2,3)7-4-6;1-2-3/h6H,3-5H2,1-2H3;4H,1-3H3;2H,1H3. The summed E-state index contributed by atoms with van der Waals surface area (Å²) in [5.74, 6) is 0. The van der Waals surface area contributed by atoms with E-state index in [9.17, 15) is 4.79 Å². The summed E-state index contributed by atoms with van der Waals surface area (Å²) in [6.45, 7) is 9.96. The van der Waals surface area contributed by atoms with Crippen molar-refractivity contribution in [2.24, 2.45) is 0 Å². The topological polar surface area (TPSA) is 46.6 Å². The Kier molecular flexibility index (Phi) is 12.7. The van der Waals surface area contributed by atoms with E-state index in [1.54, 1.807) is 0 Å². The molecule has 18 heavy (non-hydrogen) atoms. The largest absolute Gasteiger partial charge is 0.462 e. The Morgan fingerprint density at radius 2 is 1.83 bits per heavy atom. The van der Waals surface area contributed by atoms with Crippen LogP contribution >= 0.6 is 11.8 Å². The second-order valence-corrected chi connectivity index (χ2v) is 6.11. The first-order valence-corrected chi connectivity index (χ1v) is 7.32. The van der Waals surface area contributed by atoms with Gasteiger partial charge in [0.1, 0.15) is 11.9 Å². The molecule has 1 unspecified atom stereocenters. The fourth-order valence-corrected chi connectivity index (χ4v) is 1.98. The number of carbonyl (C=O) groups excluding carboxylic acids is 2. The van der Waals surface area contributed by atoms with Gasteiger partial charge in [0.25, 0.3) is 6.47 Å². The number of hydrogen-bond donors (Lipinski definition) is 0. The summed E-state index contributed by atoms with van der Waals surface area (Å²) < 4.78 is 4.55. The third-order valence-electron chi connectivity index (χ3n) is 2.08. The zero-order valence-corrected chi connectivity index (χ0v) is 13.3. The molecule has 1 fully saturated rings. The van der Waals surface area contributed by atoms with Crippen molar-refractivity contribution in [2.45, 2.75) is 45.0 Å². The number of thioether (sulfide) groups is 1. The molecule has 1 aliphatic heterocycles. The van der Waals surface area contributed by atoms with Gasteiger partial charge in [-0.25, -0.2) is 0 Å². The molecule has 1 aliphatic rings. The highest BCUT2D eigenvalue weighted by Crippen LogP contribution is 2.17. The van der Waals surface area contributed by atoms with Crippen LogP contribution in [0.5, 0.6) is 0 Å². The maximum Gasteiger partial charge on any atom is 0.293 e. The number of ether oxygens (including phenoxy) is 1. The van der Waals surface area contributed by atoms with E-state index >= 15 is 0 Å². The Morgan fingerprint density at radius 3 is 1.94 bits per heavy atom. The molecule has 0 radical (unpaired) electrons. The fraction of sp³-hybridized carbons (Fsp3) is 0.846. The molecule has 0 N–H and O–H groups in total. The Hall–Kier alpha value is -0.550. The van der Waals surface area contributed by atoms with E-state index in [4.69, 9.17) is 4.79 Å². The van der Waals surface area contributed by atoms with Gasteiger partial charge in [0.15, 0.2) is 0 Å². The molecule has 1 atom stereocenters. The van der Waals surface area contributed by atoms with E-state index in [0.29, 0.717) is 6.47 Å². The Bertz CT molecular complexity index is 217. The van der Waals surface area contributed by atoms with Crippen LogP contribution in [0.1, 0.15) is 34.1 Å². The molecule has 0 amide bonds. The molecule has 0 spiro atoms. The van der Waals surface area contributed by atoms with Gasteiger partial charge < -0.3 is 14.4 Å². The summed E-state index contributed by atoms with van der Waals surface area (Å²) in [5.41, 5.74) is -0.318. The van der Waals surface area contributed by atoms with Crippen molar-refractivity contribution in [3.8, 4) is 0 Å². The molecule has 0 aliphatic carbocycles. The Balaban J connectivity index is 0. The molecular weight excluding hydrogens is 250 g/mol. The van der Waals surface area contributed by atoms with E-state index in [0.717, 1.165) is 11.5 Å². The lowest BCUT2D eigenvalue weighted by Gasteiger charge is -2.14. The molecule has 4 nitrogen and oxygen atoms in total. The molecule has 1 saturated heterocycles. The highest BCUT2D eigenvalue weighted by Gasteiger charge is 2.17. The fourth-order valence-electron chi connectivity index (χ4n) is 1.23. The third kappa shape index (κ3) is 15.4. The van der Waals surface area contributed by atoms with Gasteiger partial charge in [0.05, 0.1) is 0 Å². The van der Waals surface area contributed by atoms with Crippen molar-refractivity contribution in [3.05, 3.63) is 0 Å². The molecule has 1 rings (SSSR count). The first kappa shape index (κ1) is 19.8. The number of hydrogen-bond acceptors (Lipinski definition) is 5. The van der Waals surface area contributed by atoms with Crippen molar-refractivity contribution in [2.75, 3.05) is 26.4 Å². The van der Waals surface area contributed by atoms with Crippen LogP contribution in [0.15, 0.2) is 0 Å². The zero-order valence-electron chi connectivity index (χ0n) is 12.4. The van der Waals surface area contributed by atoms with Crippen LogP contribution in [-0.2, 0) is 14.3 Å². The van der Waals surface area contributed by atoms with Crippen LogP contribution in [0.4, 0.5) is 0 Å². The zero-order chi connectivity index (χ0) is 14.6. The van der Waals surface area contributed by atoms with Gasteiger partial charge in [-0.3, -0.25) is 4.79 Å². The van der Waals surface area contributed by atoms with Gasteiger partial charge in [-0.2, -0.15) is 11.8 Å². The van der Waals surface area contributed by atoms with Crippen LogP contribution in [0.25, 0.3) is 0 Å². The lowest BCUT2D eigenvalue weighted by molar-refractivity contribution is -0.138. The van der Waals surface area contributed by atoms with E-state index in [-0.39, 0.29) is 5.60 Å². The molecule has 5 heteroatoms. The quantitative estimate of drug-likeness (QED) is 0.724. The minimum Gasteiger partial charge on any atom is -0.462 e. The summed E-state index contributed by atoms with van der Waals surface area (Å²) in [6, 6.07) is 0. The minimum absolute atomic E-state index is 0.318. The molecule has 0 aromatic carbocycles. The van der Waals surface area contributed by atoms with Gasteiger partial charge in [-0.1, -0.05) is 0 Å². The lowest BCUT2D eigenvalue weighted by Crippen LogP contribution is -2.17. The number of nitrogens with zero attached hydrogens (tertiary/aromatic N) is 1. The molecule has 0 aromatic rings. The van der Waals surface area contributed by atoms with Crippen molar-refractivity contribution in [3.63, 3.8) is 0 Å². The average Bonchev–Trinajstić information content (AvgIpc) is 2.64. The Morgan fingerprint density at radius 1 is 1.33 bits per heavy atom. The molecule has 0 saturated carbocycles. The van der Waals surface area contributed by atoms with Gasteiger partial charge in [-0.05, 0) is 54.0 Å². The van der Waals surface area contributed by atoms with E-state index in [1.165, 1.54) is 26.4 Å². The monoisotopic (exact) mass is 277 g/mol. The maximum atomic E-state index is 9.60. The first-order chi connectivity index (χ1) is 8.30. The van der Waals surface area contributed by atoms with Gasteiger partial charge in [0.2, 0.25) is 0 Å². The first-order valence-electron chi connectivity index (χ1n) is 6.03. The smallest absolute Gasteiger partial charge is 0.293 e. The predicted octanol–water partition coefficient (Wildman–Crippen LogP) is 2.22. The number of likely N-dealkylation sites (tertiary alicyclic amines) is 1. The van der Waals surface area contributed by atoms with Crippen molar-refractivity contribution in [1.29, 1.82) is 0 Å². The lowest BCUT2D eigenvalue weighted by atomic mass is 10.2. The van der Waals surface area contributed by atoms with Gasteiger partial charge in [-0.15, -0.1) is 0 Å². The van der Waals surface area contributed by atoms with E-state index in [2.05, 4.69) is 22.9 Å². The molecule has 0 aromatic heterocycles. The summed E-state index contributed by atoms with van der Waals surface area (Å²) in [5, 5.41) is 0.917. The van der Waals surface area contributed by atoms with Crippen LogP contribution < -0.4 is 0 Å². The summed E-state index contributed by atoms with van der Waals surface area (Å²) in [4.78, 5) is 20.8.